The standard InChI is InChI=1S/C18H24FN5O/c1-13-14(2)25-17(22-13)12-21-18(20-3)24-10-8-23(9-11-24)16-7-5-4-6-15(16)19/h4-7H,8-12H2,1-3H3,(H,20,21). The zero-order valence-electron chi connectivity index (χ0n) is 14.9. The van der Waals surface area contributed by atoms with Gasteiger partial charge in [0.05, 0.1) is 17.9 Å². The van der Waals surface area contributed by atoms with E-state index in [4.69, 9.17) is 4.42 Å². The third-order valence-corrected chi connectivity index (χ3v) is 4.45. The molecule has 0 saturated carbocycles. The van der Waals surface area contributed by atoms with Crippen molar-refractivity contribution in [3.05, 3.63) is 47.4 Å². The fourth-order valence-corrected chi connectivity index (χ4v) is 2.97. The number of aromatic nitrogens is 1. The lowest BCUT2D eigenvalue weighted by molar-refractivity contribution is 0.366. The second-order valence-electron chi connectivity index (χ2n) is 6.08. The van der Waals surface area contributed by atoms with Crippen molar-refractivity contribution < 1.29 is 8.81 Å². The lowest BCUT2D eigenvalue weighted by Crippen LogP contribution is -2.52. The van der Waals surface area contributed by atoms with E-state index in [9.17, 15) is 4.39 Å². The van der Waals surface area contributed by atoms with Crippen molar-refractivity contribution in [2.24, 2.45) is 4.99 Å². The summed E-state index contributed by atoms with van der Waals surface area (Å²) in [6.45, 7) is 7.38. The van der Waals surface area contributed by atoms with Crippen molar-refractivity contribution in [1.82, 2.24) is 15.2 Å². The molecule has 0 aliphatic carbocycles. The fourth-order valence-electron chi connectivity index (χ4n) is 2.97. The number of anilines is 1. The summed E-state index contributed by atoms with van der Waals surface area (Å²) < 4.78 is 19.5. The summed E-state index contributed by atoms with van der Waals surface area (Å²) in [4.78, 5) is 12.9. The van der Waals surface area contributed by atoms with E-state index in [1.807, 2.05) is 26.0 Å². The zero-order valence-corrected chi connectivity index (χ0v) is 14.9. The van der Waals surface area contributed by atoms with Gasteiger partial charge in [0.1, 0.15) is 11.6 Å². The maximum absolute atomic E-state index is 13.9. The molecule has 2 heterocycles. The van der Waals surface area contributed by atoms with E-state index in [-0.39, 0.29) is 5.82 Å². The maximum atomic E-state index is 13.9. The van der Waals surface area contributed by atoms with E-state index in [0.717, 1.165) is 43.6 Å². The predicted octanol–water partition coefficient (Wildman–Crippen LogP) is 2.33. The summed E-state index contributed by atoms with van der Waals surface area (Å²) >= 11 is 0. The molecule has 0 atom stereocenters. The molecular weight excluding hydrogens is 321 g/mol. The van der Waals surface area contributed by atoms with E-state index in [2.05, 4.69) is 25.1 Å². The Morgan fingerprint density at radius 2 is 1.96 bits per heavy atom. The van der Waals surface area contributed by atoms with Crippen LogP contribution in [0.15, 0.2) is 33.7 Å². The Morgan fingerprint density at radius 1 is 1.24 bits per heavy atom. The van der Waals surface area contributed by atoms with Crippen LogP contribution in [-0.2, 0) is 6.54 Å². The molecule has 0 radical (unpaired) electrons. The molecule has 134 valence electrons. The number of nitrogens with one attached hydrogen (secondary N) is 1. The van der Waals surface area contributed by atoms with Crippen LogP contribution in [0.5, 0.6) is 0 Å². The second kappa shape index (κ2) is 7.55. The number of oxazole rings is 1. The van der Waals surface area contributed by atoms with Crippen molar-refractivity contribution in [2.45, 2.75) is 20.4 Å². The molecule has 6 nitrogen and oxygen atoms in total. The Labute approximate surface area is 147 Å². The highest BCUT2D eigenvalue weighted by molar-refractivity contribution is 5.80. The highest BCUT2D eigenvalue weighted by Crippen LogP contribution is 2.20. The summed E-state index contributed by atoms with van der Waals surface area (Å²) in [5.74, 6) is 2.13. The van der Waals surface area contributed by atoms with Gasteiger partial charge in [-0.2, -0.15) is 0 Å². The van der Waals surface area contributed by atoms with Crippen molar-refractivity contribution in [1.29, 1.82) is 0 Å². The van der Waals surface area contributed by atoms with Crippen LogP contribution in [0.2, 0.25) is 0 Å². The van der Waals surface area contributed by atoms with Crippen LogP contribution in [0.3, 0.4) is 0 Å². The third-order valence-electron chi connectivity index (χ3n) is 4.45. The molecule has 7 heteroatoms. The summed E-state index contributed by atoms with van der Waals surface area (Å²) in [5, 5.41) is 3.29. The minimum Gasteiger partial charge on any atom is -0.444 e. The van der Waals surface area contributed by atoms with Gasteiger partial charge in [0.2, 0.25) is 5.89 Å². The van der Waals surface area contributed by atoms with E-state index in [1.165, 1.54) is 6.07 Å². The van der Waals surface area contributed by atoms with E-state index < -0.39 is 0 Å². The molecule has 1 aromatic carbocycles. The first-order valence-electron chi connectivity index (χ1n) is 8.46. The van der Waals surface area contributed by atoms with Gasteiger partial charge in [-0.3, -0.25) is 4.99 Å². The van der Waals surface area contributed by atoms with Crippen molar-refractivity contribution >= 4 is 11.6 Å². The number of halogens is 1. The van der Waals surface area contributed by atoms with E-state index in [1.54, 1.807) is 13.1 Å². The molecule has 1 aliphatic rings. The first kappa shape index (κ1) is 17.3. The van der Waals surface area contributed by atoms with Crippen LogP contribution < -0.4 is 10.2 Å². The summed E-state index contributed by atoms with van der Waals surface area (Å²) in [6, 6.07) is 6.91. The Balaban J connectivity index is 1.56. The van der Waals surface area contributed by atoms with Crippen LogP contribution >= 0.6 is 0 Å². The summed E-state index contributed by atoms with van der Waals surface area (Å²) in [6.07, 6.45) is 0. The normalized spacial score (nSPS) is 15.6. The smallest absolute Gasteiger partial charge is 0.214 e. The number of hydrogen-bond acceptors (Lipinski definition) is 4. The van der Waals surface area contributed by atoms with Gasteiger partial charge in [0, 0.05) is 33.2 Å². The molecule has 1 saturated heterocycles. The Hall–Kier alpha value is -2.57. The number of aryl methyl sites for hydroxylation is 2. The minimum atomic E-state index is -0.173. The topological polar surface area (TPSA) is 56.9 Å². The number of para-hydroxylation sites is 1. The number of rotatable bonds is 3. The second-order valence-corrected chi connectivity index (χ2v) is 6.08. The number of benzene rings is 1. The highest BCUT2D eigenvalue weighted by Gasteiger charge is 2.21. The van der Waals surface area contributed by atoms with Gasteiger partial charge in [0.25, 0.3) is 0 Å². The first-order chi connectivity index (χ1) is 12.1. The van der Waals surface area contributed by atoms with Gasteiger partial charge < -0.3 is 19.5 Å². The fraction of sp³-hybridized carbons (Fsp3) is 0.444. The van der Waals surface area contributed by atoms with Gasteiger partial charge in [-0.15, -0.1) is 0 Å². The minimum absolute atomic E-state index is 0.173. The largest absolute Gasteiger partial charge is 0.444 e. The van der Waals surface area contributed by atoms with Crippen LogP contribution in [0.25, 0.3) is 0 Å². The zero-order chi connectivity index (χ0) is 17.8. The highest BCUT2D eigenvalue weighted by atomic mass is 19.1. The molecule has 1 aliphatic heterocycles. The molecule has 1 fully saturated rings. The van der Waals surface area contributed by atoms with Crippen LogP contribution in [0.4, 0.5) is 10.1 Å². The van der Waals surface area contributed by atoms with Crippen LogP contribution in [-0.4, -0.2) is 49.1 Å². The Kier molecular flexibility index (Phi) is 5.21. The predicted molar refractivity (Wildman–Crippen MR) is 96.4 cm³/mol. The monoisotopic (exact) mass is 345 g/mol. The summed E-state index contributed by atoms with van der Waals surface area (Å²) in [5.41, 5.74) is 1.57. The molecule has 3 rings (SSSR count). The lowest BCUT2D eigenvalue weighted by atomic mass is 10.2. The van der Waals surface area contributed by atoms with E-state index in [0.29, 0.717) is 18.1 Å². The third kappa shape index (κ3) is 3.92. The van der Waals surface area contributed by atoms with Gasteiger partial charge in [-0.1, -0.05) is 12.1 Å². The number of nitrogens with zero attached hydrogens (tertiary/aromatic N) is 4. The first-order valence-corrected chi connectivity index (χ1v) is 8.46. The van der Waals surface area contributed by atoms with Crippen molar-refractivity contribution in [3.8, 4) is 0 Å². The van der Waals surface area contributed by atoms with Gasteiger partial charge >= 0.3 is 0 Å². The Morgan fingerprint density at radius 3 is 2.56 bits per heavy atom. The average Bonchev–Trinajstić information content (AvgIpc) is 2.94. The molecular formula is C18H24FN5O. The molecule has 1 N–H and O–H groups in total. The quantitative estimate of drug-likeness (QED) is 0.683. The van der Waals surface area contributed by atoms with Crippen LogP contribution in [0, 0.1) is 19.7 Å². The number of hydrogen-bond donors (Lipinski definition) is 1. The number of aliphatic imine (C=N–C) groups is 1. The Bertz CT molecular complexity index is 730. The van der Waals surface area contributed by atoms with E-state index >= 15 is 0 Å². The molecule has 0 bridgehead atoms. The van der Waals surface area contributed by atoms with Crippen LogP contribution in [0.1, 0.15) is 17.3 Å². The molecule has 0 amide bonds. The van der Waals surface area contributed by atoms with Gasteiger partial charge in [-0.05, 0) is 26.0 Å². The van der Waals surface area contributed by atoms with Gasteiger partial charge in [-0.25, -0.2) is 9.37 Å². The van der Waals surface area contributed by atoms with Crippen molar-refractivity contribution in [3.63, 3.8) is 0 Å². The maximum Gasteiger partial charge on any atom is 0.214 e. The SMILES string of the molecule is CN=C(NCc1nc(C)c(C)o1)N1CCN(c2ccccc2F)CC1. The average molecular weight is 345 g/mol. The summed E-state index contributed by atoms with van der Waals surface area (Å²) in [7, 11) is 1.76. The molecule has 25 heavy (non-hydrogen) atoms. The lowest BCUT2D eigenvalue weighted by Gasteiger charge is -2.37. The molecule has 0 spiro atoms. The molecule has 1 aromatic heterocycles. The number of guanidine groups is 1. The van der Waals surface area contributed by atoms with Gasteiger partial charge in [0.15, 0.2) is 5.96 Å². The molecule has 2 aromatic rings. The number of piperazine rings is 1. The van der Waals surface area contributed by atoms with Crippen molar-refractivity contribution in [2.75, 3.05) is 38.1 Å². The molecule has 0 unspecified atom stereocenters.